The SMILES string of the molecule is CC1CCCCN1S(=O)(=O)c1ccc(C(=O)Nc2ccc3[nH]ncc3c2)cc1. The Hall–Kier alpha value is -2.71. The number of fused-ring (bicyclic) bond motifs is 1. The summed E-state index contributed by atoms with van der Waals surface area (Å²) >= 11 is 0. The van der Waals surface area contributed by atoms with Crippen LogP contribution in [0.4, 0.5) is 5.69 Å². The number of nitrogens with zero attached hydrogens (tertiary/aromatic N) is 2. The topological polar surface area (TPSA) is 95.2 Å². The molecule has 0 aliphatic carbocycles. The van der Waals surface area contributed by atoms with Gasteiger partial charge in [-0.2, -0.15) is 9.40 Å². The molecule has 1 aliphatic heterocycles. The summed E-state index contributed by atoms with van der Waals surface area (Å²) in [6.45, 7) is 2.48. The van der Waals surface area contributed by atoms with E-state index in [9.17, 15) is 13.2 Å². The van der Waals surface area contributed by atoms with E-state index in [0.29, 0.717) is 17.8 Å². The lowest BCUT2D eigenvalue weighted by Gasteiger charge is -2.32. The molecular weight excluding hydrogens is 376 g/mol. The molecule has 1 atom stereocenters. The minimum absolute atomic E-state index is 0.000404. The highest BCUT2D eigenvalue weighted by atomic mass is 32.2. The van der Waals surface area contributed by atoms with E-state index in [1.54, 1.807) is 28.7 Å². The van der Waals surface area contributed by atoms with Crippen LogP contribution >= 0.6 is 0 Å². The van der Waals surface area contributed by atoms with Crippen LogP contribution in [0.5, 0.6) is 0 Å². The normalized spacial score (nSPS) is 18.2. The molecule has 7 nitrogen and oxygen atoms in total. The Morgan fingerprint density at radius 1 is 1.18 bits per heavy atom. The average Bonchev–Trinajstić information content (AvgIpc) is 3.16. The zero-order valence-corrected chi connectivity index (χ0v) is 16.4. The number of aromatic nitrogens is 2. The molecule has 1 amide bonds. The minimum atomic E-state index is -3.54. The second-order valence-electron chi connectivity index (χ2n) is 7.11. The quantitative estimate of drug-likeness (QED) is 0.704. The van der Waals surface area contributed by atoms with Crippen LogP contribution in [0, 0.1) is 0 Å². The molecule has 8 heteroatoms. The van der Waals surface area contributed by atoms with Crippen molar-refractivity contribution in [3.8, 4) is 0 Å². The van der Waals surface area contributed by atoms with E-state index < -0.39 is 10.0 Å². The van der Waals surface area contributed by atoms with Gasteiger partial charge in [0.2, 0.25) is 10.0 Å². The summed E-state index contributed by atoms with van der Waals surface area (Å²) in [7, 11) is -3.54. The number of H-pyrrole nitrogens is 1. The fourth-order valence-electron chi connectivity index (χ4n) is 3.57. The first-order valence-corrected chi connectivity index (χ1v) is 10.8. The number of hydrogen-bond acceptors (Lipinski definition) is 4. The van der Waals surface area contributed by atoms with Gasteiger partial charge in [0.25, 0.3) is 5.91 Å². The first-order chi connectivity index (χ1) is 13.4. The molecule has 2 heterocycles. The Kier molecular flexibility index (Phi) is 4.91. The third kappa shape index (κ3) is 3.53. The summed E-state index contributed by atoms with van der Waals surface area (Å²) in [5, 5.41) is 10.5. The van der Waals surface area contributed by atoms with Crippen LogP contribution in [-0.2, 0) is 10.0 Å². The highest BCUT2D eigenvalue weighted by molar-refractivity contribution is 7.89. The molecule has 4 rings (SSSR count). The highest BCUT2D eigenvalue weighted by Gasteiger charge is 2.30. The molecule has 1 aromatic heterocycles. The van der Waals surface area contributed by atoms with Crippen molar-refractivity contribution in [1.29, 1.82) is 0 Å². The van der Waals surface area contributed by atoms with Crippen LogP contribution in [0.2, 0.25) is 0 Å². The van der Waals surface area contributed by atoms with Crippen LogP contribution in [0.25, 0.3) is 10.9 Å². The first-order valence-electron chi connectivity index (χ1n) is 9.31. The molecule has 1 saturated heterocycles. The summed E-state index contributed by atoms with van der Waals surface area (Å²) in [6.07, 6.45) is 4.49. The van der Waals surface area contributed by atoms with Gasteiger partial charge in [-0.05, 0) is 62.2 Å². The van der Waals surface area contributed by atoms with Crippen molar-refractivity contribution in [1.82, 2.24) is 14.5 Å². The largest absolute Gasteiger partial charge is 0.322 e. The van der Waals surface area contributed by atoms with Crippen molar-refractivity contribution in [2.75, 3.05) is 11.9 Å². The smallest absolute Gasteiger partial charge is 0.255 e. The Balaban J connectivity index is 1.51. The standard InChI is InChI=1S/C20H22N4O3S/c1-14-4-2-3-11-24(14)28(26,27)18-8-5-15(6-9-18)20(25)22-17-7-10-19-16(12-17)13-21-23-19/h5-10,12-14H,2-4,11H2,1H3,(H,21,23)(H,22,25). The Labute approximate surface area is 163 Å². The molecule has 28 heavy (non-hydrogen) atoms. The molecule has 2 aromatic carbocycles. The van der Waals surface area contributed by atoms with Crippen molar-refractivity contribution in [3.05, 3.63) is 54.2 Å². The lowest BCUT2D eigenvalue weighted by atomic mass is 10.1. The van der Waals surface area contributed by atoms with E-state index in [2.05, 4.69) is 15.5 Å². The first kappa shape index (κ1) is 18.6. The number of hydrogen-bond donors (Lipinski definition) is 2. The maximum absolute atomic E-state index is 12.9. The predicted molar refractivity (Wildman–Crippen MR) is 108 cm³/mol. The van der Waals surface area contributed by atoms with E-state index in [1.165, 1.54) is 12.1 Å². The number of amides is 1. The number of carbonyl (C=O) groups excluding carboxylic acids is 1. The number of piperidine rings is 1. The number of carbonyl (C=O) groups is 1. The zero-order chi connectivity index (χ0) is 19.7. The van der Waals surface area contributed by atoms with Crippen LogP contribution < -0.4 is 5.32 Å². The van der Waals surface area contributed by atoms with E-state index in [4.69, 9.17) is 0 Å². The van der Waals surface area contributed by atoms with Gasteiger partial charge < -0.3 is 5.32 Å². The Morgan fingerprint density at radius 2 is 1.96 bits per heavy atom. The molecular formula is C20H22N4O3S. The molecule has 1 aliphatic rings. The van der Waals surface area contributed by atoms with Crippen molar-refractivity contribution < 1.29 is 13.2 Å². The van der Waals surface area contributed by atoms with Gasteiger partial charge in [0, 0.05) is 29.2 Å². The van der Waals surface area contributed by atoms with Crippen molar-refractivity contribution in [3.63, 3.8) is 0 Å². The van der Waals surface area contributed by atoms with Gasteiger partial charge in [-0.15, -0.1) is 0 Å². The minimum Gasteiger partial charge on any atom is -0.322 e. The second-order valence-corrected chi connectivity index (χ2v) is 9.00. The molecule has 146 valence electrons. The lowest BCUT2D eigenvalue weighted by Crippen LogP contribution is -2.41. The number of sulfonamides is 1. The monoisotopic (exact) mass is 398 g/mol. The number of aromatic amines is 1. The van der Waals surface area contributed by atoms with Gasteiger partial charge in [-0.25, -0.2) is 8.42 Å². The van der Waals surface area contributed by atoms with Crippen molar-refractivity contribution in [2.24, 2.45) is 0 Å². The fourth-order valence-corrected chi connectivity index (χ4v) is 5.27. The Morgan fingerprint density at radius 3 is 2.71 bits per heavy atom. The predicted octanol–water partition coefficient (Wildman–Crippen LogP) is 3.38. The molecule has 0 radical (unpaired) electrons. The Bertz CT molecular complexity index is 1110. The third-order valence-corrected chi connectivity index (χ3v) is 7.19. The van der Waals surface area contributed by atoms with Gasteiger partial charge in [0.05, 0.1) is 16.6 Å². The fraction of sp³-hybridized carbons (Fsp3) is 0.300. The van der Waals surface area contributed by atoms with Crippen molar-refractivity contribution >= 4 is 32.5 Å². The number of anilines is 1. The van der Waals surface area contributed by atoms with Crippen LogP contribution in [-0.4, -0.2) is 41.4 Å². The van der Waals surface area contributed by atoms with Gasteiger partial charge in [0.15, 0.2) is 0 Å². The van der Waals surface area contributed by atoms with Crippen molar-refractivity contribution in [2.45, 2.75) is 37.1 Å². The van der Waals surface area contributed by atoms with E-state index in [-0.39, 0.29) is 16.8 Å². The van der Waals surface area contributed by atoms with Gasteiger partial charge in [-0.1, -0.05) is 6.42 Å². The number of benzene rings is 2. The highest BCUT2D eigenvalue weighted by Crippen LogP contribution is 2.25. The maximum Gasteiger partial charge on any atom is 0.255 e. The second kappa shape index (κ2) is 7.37. The van der Waals surface area contributed by atoms with Crippen LogP contribution in [0.15, 0.2) is 53.6 Å². The molecule has 2 N–H and O–H groups in total. The zero-order valence-electron chi connectivity index (χ0n) is 15.6. The van der Waals surface area contributed by atoms with Crippen LogP contribution in [0.3, 0.4) is 0 Å². The summed E-state index contributed by atoms with van der Waals surface area (Å²) in [4.78, 5) is 12.7. The molecule has 1 unspecified atom stereocenters. The van der Waals surface area contributed by atoms with Gasteiger partial charge in [-0.3, -0.25) is 9.89 Å². The lowest BCUT2D eigenvalue weighted by molar-refractivity contribution is 0.102. The summed E-state index contributed by atoms with van der Waals surface area (Å²) in [5.41, 5.74) is 1.94. The molecule has 0 bridgehead atoms. The van der Waals surface area contributed by atoms with Crippen LogP contribution in [0.1, 0.15) is 36.5 Å². The number of rotatable bonds is 4. The number of nitrogens with one attached hydrogen (secondary N) is 2. The molecule has 1 fully saturated rings. The van der Waals surface area contributed by atoms with Gasteiger partial charge in [0.1, 0.15) is 0 Å². The molecule has 0 saturated carbocycles. The van der Waals surface area contributed by atoms with Gasteiger partial charge >= 0.3 is 0 Å². The summed E-state index contributed by atoms with van der Waals surface area (Å²) in [5.74, 6) is -0.293. The maximum atomic E-state index is 12.9. The van der Waals surface area contributed by atoms with E-state index in [0.717, 1.165) is 30.2 Å². The molecule has 0 spiro atoms. The van der Waals surface area contributed by atoms with E-state index >= 15 is 0 Å². The molecule has 3 aromatic rings. The summed E-state index contributed by atoms with van der Waals surface area (Å²) < 4.78 is 27.3. The average molecular weight is 398 g/mol. The van der Waals surface area contributed by atoms with E-state index in [1.807, 2.05) is 19.1 Å². The third-order valence-electron chi connectivity index (χ3n) is 5.16. The summed E-state index contributed by atoms with van der Waals surface area (Å²) in [6, 6.07) is 11.6.